The molecule has 3 rings (SSSR count). The molecule has 0 fully saturated rings. The van der Waals surface area contributed by atoms with Crippen LogP contribution in [0.25, 0.3) is 0 Å². The number of nitrogens with zero attached hydrogens (tertiary/aromatic N) is 3. The Morgan fingerprint density at radius 1 is 1.32 bits per heavy atom. The first-order chi connectivity index (χ1) is 13.4. The zero-order valence-electron chi connectivity index (χ0n) is 16.0. The summed E-state index contributed by atoms with van der Waals surface area (Å²) in [7, 11) is 1.46. The van der Waals surface area contributed by atoms with Gasteiger partial charge in [-0.15, -0.1) is 5.10 Å². The second-order valence-corrected chi connectivity index (χ2v) is 8.41. The van der Waals surface area contributed by atoms with Gasteiger partial charge < -0.3 is 10.3 Å². The molecule has 1 N–H and O–H groups in total. The van der Waals surface area contributed by atoms with Crippen LogP contribution < -0.4 is 5.06 Å². The Kier molecular flexibility index (Phi) is 6.45. The molecule has 1 aromatic heterocycles. The fraction of sp³-hybridized carbons (Fsp3) is 0.381. The number of thioether (sulfide) groups is 1. The SMILES string of the molecule is CC1=CC=CC(C)C1C(C#N)c1ccc(SC2C=CC(F)=CC2[NH+](C)[O-])nn1. The number of hydrogen-bond acceptors (Lipinski definition) is 5. The molecule has 146 valence electrons. The number of hydroxylamine groups is 2. The lowest BCUT2D eigenvalue weighted by molar-refractivity contribution is -0.845. The van der Waals surface area contributed by atoms with Gasteiger partial charge in [0.1, 0.15) is 16.9 Å². The fourth-order valence-electron chi connectivity index (χ4n) is 3.71. The third kappa shape index (κ3) is 4.41. The lowest BCUT2D eigenvalue weighted by atomic mass is 9.74. The molecular formula is C21H23FN4OS. The van der Waals surface area contributed by atoms with Crippen molar-refractivity contribution in [1.82, 2.24) is 10.2 Å². The summed E-state index contributed by atoms with van der Waals surface area (Å²) in [6.45, 7) is 4.14. The van der Waals surface area contributed by atoms with Crippen LogP contribution in [-0.4, -0.2) is 28.5 Å². The van der Waals surface area contributed by atoms with Crippen molar-refractivity contribution < 1.29 is 9.45 Å². The van der Waals surface area contributed by atoms with Gasteiger partial charge in [-0.25, -0.2) is 4.39 Å². The normalized spacial score (nSPS) is 28.9. The van der Waals surface area contributed by atoms with Crippen molar-refractivity contribution in [2.75, 3.05) is 7.05 Å². The number of rotatable bonds is 5. The van der Waals surface area contributed by atoms with E-state index in [1.807, 2.05) is 31.2 Å². The number of hydrogen-bond donors (Lipinski definition) is 1. The van der Waals surface area contributed by atoms with Crippen LogP contribution in [0.1, 0.15) is 25.5 Å². The minimum absolute atomic E-state index is 0.0688. The quantitative estimate of drug-likeness (QED) is 0.771. The van der Waals surface area contributed by atoms with Gasteiger partial charge in [0.2, 0.25) is 0 Å². The highest BCUT2D eigenvalue weighted by Gasteiger charge is 2.31. The molecule has 2 aliphatic rings. The number of nitrogens with one attached hydrogen (secondary N) is 1. The standard InChI is InChI=1S/C21H23FN4OS/c1-13-5-4-6-14(2)21(13)16(12-23)17-8-10-20(25-24-17)28-19-9-7-15(22)11-18(19)26(3)27/h4-11,13,16,18-19,21,26H,1-3H3. The van der Waals surface area contributed by atoms with E-state index in [4.69, 9.17) is 0 Å². The molecule has 2 aliphatic carbocycles. The van der Waals surface area contributed by atoms with Crippen LogP contribution >= 0.6 is 11.8 Å². The van der Waals surface area contributed by atoms with E-state index in [1.54, 1.807) is 6.08 Å². The molecule has 0 aromatic carbocycles. The van der Waals surface area contributed by atoms with Gasteiger partial charge in [-0.2, -0.15) is 10.4 Å². The van der Waals surface area contributed by atoms with Crippen LogP contribution in [0, 0.1) is 28.4 Å². The maximum absolute atomic E-state index is 13.5. The summed E-state index contributed by atoms with van der Waals surface area (Å²) in [5, 5.41) is 30.5. The smallest absolute Gasteiger partial charge is 0.125 e. The van der Waals surface area contributed by atoms with Crippen LogP contribution in [0.2, 0.25) is 0 Å². The van der Waals surface area contributed by atoms with Crippen molar-refractivity contribution in [1.29, 1.82) is 5.26 Å². The van der Waals surface area contributed by atoms with E-state index < -0.39 is 11.9 Å². The predicted octanol–water partition coefficient (Wildman–Crippen LogP) is 3.12. The number of aromatic nitrogens is 2. The highest BCUT2D eigenvalue weighted by molar-refractivity contribution is 8.00. The molecule has 7 heteroatoms. The van der Waals surface area contributed by atoms with Crippen LogP contribution in [0.4, 0.5) is 4.39 Å². The molecule has 0 amide bonds. The van der Waals surface area contributed by atoms with E-state index >= 15 is 0 Å². The molecular weight excluding hydrogens is 375 g/mol. The lowest BCUT2D eigenvalue weighted by Gasteiger charge is -2.31. The van der Waals surface area contributed by atoms with Crippen molar-refractivity contribution in [3.8, 4) is 6.07 Å². The molecule has 0 bridgehead atoms. The maximum atomic E-state index is 13.5. The van der Waals surface area contributed by atoms with Crippen molar-refractivity contribution in [2.45, 2.75) is 36.1 Å². The minimum Gasteiger partial charge on any atom is -0.634 e. The summed E-state index contributed by atoms with van der Waals surface area (Å²) in [6.07, 6.45) is 10.6. The van der Waals surface area contributed by atoms with Crippen molar-refractivity contribution in [3.63, 3.8) is 0 Å². The Hall–Kier alpha value is -2.27. The molecule has 1 heterocycles. The number of likely N-dealkylation sites (N-methyl/N-ethyl adjacent to an activating group) is 1. The summed E-state index contributed by atoms with van der Waals surface area (Å²) < 4.78 is 13.5. The van der Waals surface area contributed by atoms with Gasteiger partial charge in [-0.1, -0.05) is 48.6 Å². The van der Waals surface area contributed by atoms with Crippen LogP contribution in [-0.2, 0) is 0 Å². The van der Waals surface area contributed by atoms with Gasteiger partial charge in [0.05, 0.1) is 30.0 Å². The van der Waals surface area contributed by atoms with Crippen LogP contribution in [0.5, 0.6) is 0 Å². The number of quaternary nitrogens is 1. The molecule has 28 heavy (non-hydrogen) atoms. The number of halogens is 1. The predicted molar refractivity (Wildman–Crippen MR) is 108 cm³/mol. The van der Waals surface area contributed by atoms with Gasteiger partial charge in [0, 0.05) is 12.0 Å². The first-order valence-electron chi connectivity index (χ1n) is 9.21. The summed E-state index contributed by atoms with van der Waals surface area (Å²) in [6, 6.07) is 5.51. The highest BCUT2D eigenvalue weighted by Crippen LogP contribution is 2.37. The number of nitriles is 1. The van der Waals surface area contributed by atoms with E-state index in [0.29, 0.717) is 10.7 Å². The molecule has 6 unspecified atom stereocenters. The van der Waals surface area contributed by atoms with E-state index in [0.717, 1.165) is 5.57 Å². The Balaban J connectivity index is 1.76. The molecule has 0 saturated carbocycles. The van der Waals surface area contributed by atoms with E-state index in [2.05, 4.69) is 29.3 Å². The molecule has 0 radical (unpaired) electrons. The van der Waals surface area contributed by atoms with Gasteiger partial charge in [0.15, 0.2) is 0 Å². The van der Waals surface area contributed by atoms with Gasteiger partial charge in [-0.3, -0.25) is 0 Å². The molecule has 0 saturated heterocycles. The third-order valence-electron chi connectivity index (χ3n) is 5.21. The molecule has 5 nitrogen and oxygen atoms in total. The summed E-state index contributed by atoms with van der Waals surface area (Å²) in [5.74, 6) is -0.455. The van der Waals surface area contributed by atoms with Crippen molar-refractivity contribution in [3.05, 3.63) is 70.9 Å². The van der Waals surface area contributed by atoms with Gasteiger partial charge >= 0.3 is 0 Å². The summed E-state index contributed by atoms with van der Waals surface area (Å²) in [5.41, 5.74) is 1.80. The Bertz CT molecular complexity index is 869. The van der Waals surface area contributed by atoms with E-state index in [1.165, 1.54) is 31.0 Å². The minimum atomic E-state index is -0.522. The first kappa shape index (κ1) is 20.5. The molecule has 6 atom stereocenters. The maximum Gasteiger partial charge on any atom is 0.125 e. The zero-order chi connectivity index (χ0) is 20.3. The molecule has 1 aromatic rings. The zero-order valence-corrected chi connectivity index (χ0v) is 16.9. The van der Waals surface area contributed by atoms with E-state index in [9.17, 15) is 14.9 Å². The van der Waals surface area contributed by atoms with Gasteiger partial charge in [0.25, 0.3) is 0 Å². The van der Waals surface area contributed by atoms with Crippen molar-refractivity contribution in [2.24, 2.45) is 11.8 Å². The average molecular weight is 399 g/mol. The lowest BCUT2D eigenvalue weighted by Crippen LogP contribution is -3.09. The Labute approximate surface area is 168 Å². The fourth-order valence-corrected chi connectivity index (χ4v) is 4.80. The highest BCUT2D eigenvalue weighted by atomic mass is 32.2. The molecule has 0 spiro atoms. The van der Waals surface area contributed by atoms with Crippen LogP contribution in [0.15, 0.2) is 65.0 Å². The number of allylic oxidation sites excluding steroid dienone is 6. The average Bonchev–Trinajstić information content (AvgIpc) is 2.67. The monoisotopic (exact) mass is 398 g/mol. The Morgan fingerprint density at radius 2 is 2.11 bits per heavy atom. The van der Waals surface area contributed by atoms with Crippen molar-refractivity contribution >= 4 is 11.8 Å². The second kappa shape index (κ2) is 8.82. The topological polar surface area (TPSA) is 77.1 Å². The summed E-state index contributed by atoms with van der Waals surface area (Å²) in [4.78, 5) is 0. The first-order valence-corrected chi connectivity index (χ1v) is 10.1. The third-order valence-corrected chi connectivity index (χ3v) is 6.39. The Morgan fingerprint density at radius 3 is 2.71 bits per heavy atom. The second-order valence-electron chi connectivity index (χ2n) is 7.21. The molecule has 0 aliphatic heterocycles. The summed E-state index contributed by atoms with van der Waals surface area (Å²) >= 11 is 1.37. The largest absolute Gasteiger partial charge is 0.634 e. The van der Waals surface area contributed by atoms with Crippen LogP contribution in [0.3, 0.4) is 0 Å². The van der Waals surface area contributed by atoms with E-state index in [-0.39, 0.29) is 28.1 Å². The van der Waals surface area contributed by atoms with Gasteiger partial charge in [-0.05, 0) is 31.1 Å².